The molecule has 1 heterocycles. The predicted octanol–water partition coefficient (Wildman–Crippen LogP) is 2.64. The summed E-state index contributed by atoms with van der Waals surface area (Å²) in [6.45, 7) is 2.87. The average Bonchev–Trinajstić information content (AvgIpc) is 3.41. The molecule has 10 heteroatoms. The van der Waals surface area contributed by atoms with Gasteiger partial charge in [0, 0.05) is 39.3 Å². The van der Waals surface area contributed by atoms with Gasteiger partial charge in [-0.1, -0.05) is 61.9 Å². The van der Waals surface area contributed by atoms with Gasteiger partial charge in [0.1, 0.15) is 6.54 Å². The van der Waals surface area contributed by atoms with Gasteiger partial charge in [-0.25, -0.2) is 4.79 Å². The molecular weight excluding hydrogens is 446 g/mol. The monoisotopic (exact) mass is 479 g/mol. The van der Waals surface area contributed by atoms with E-state index in [1.807, 2.05) is 48.5 Å². The van der Waals surface area contributed by atoms with Crippen molar-refractivity contribution in [1.29, 1.82) is 0 Å². The van der Waals surface area contributed by atoms with Crippen LogP contribution < -0.4 is 0 Å². The van der Waals surface area contributed by atoms with Crippen LogP contribution in [0.5, 0.6) is 0 Å². The maximum absolute atomic E-state index is 13.3. The molecule has 0 bridgehead atoms. The van der Waals surface area contributed by atoms with Crippen molar-refractivity contribution in [2.45, 2.75) is 26.3 Å². The topological polar surface area (TPSA) is 119 Å². The van der Waals surface area contributed by atoms with Crippen LogP contribution in [0, 0.1) is 0 Å². The van der Waals surface area contributed by atoms with Crippen molar-refractivity contribution in [2.24, 2.45) is 0 Å². The summed E-state index contributed by atoms with van der Waals surface area (Å²) in [5.41, 5.74) is 3.83. The van der Waals surface area contributed by atoms with Crippen molar-refractivity contribution in [3.8, 4) is 22.5 Å². The highest BCUT2D eigenvalue weighted by molar-refractivity contribution is 5.84. The van der Waals surface area contributed by atoms with Gasteiger partial charge in [-0.2, -0.15) is 5.21 Å². The highest BCUT2D eigenvalue weighted by atomic mass is 16.3. The smallest absolute Gasteiger partial charge is 0.320 e. The normalized spacial score (nSPS) is 10.7. The van der Waals surface area contributed by atoms with Crippen molar-refractivity contribution in [1.82, 2.24) is 35.3 Å². The number of aromatic amines is 1. The number of hydrogen-bond donors (Lipinski definition) is 2. The summed E-state index contributed by atoms with van der Waals surface area (Å²) >= 11 is 0. The molecule has 3 amide bonds. The zero-order valence-electron chi connectivity index (χ0n) is 20.5. The predicted molar refractivity (Wildman–Crippen MR) is 133 cm³/mol. The van der Waals surface area contributed by atoms with E-state index < -0.39 is 0 Å². The molecule has 0 aliphatic carbocycles. The molecule has 0 spiro atoms. The number of H-pyrrole nitrogens is 1. The Bertz CT molecular complexity index is 1080. The number of benzene rings is 2. The summed E-state index contributed by atoms with van der Waals surface area (Å²) < 4.78 is 0. The number of carbonyl (C=O) groups is 2. The first-order chi connectivity index (χ1) is 16.9. The lowest BCUT2D eigenvalue weighted by molar-refractivity contribution is -0.129. The molecule has 3 aromatic rings. The van der Waals surface area contributed by atoms with Crippen LogP contribution in [0.1, 0.15) is 25.3 Å². The van der Waals surface area contributed by atoms with E-state index in [0.29, 0.717) is 18.9 Å². The van der Waals surface area contributed by atoms with E-state index in [1.54, 1.807) is 19.0 Å². The third kappa shape index (κ3) is 6.86. The number of hydrogen-bond acceptors (Lipinski definition) is 6. The maximum atomic E-state index is 13.3. The largest absolute Gasteiger partial charge is 0.395 e. The second kappa shape index (κ2) is 12.6. The fourth-order valence-electron chi connectivity index (χ4n) is 3.67. The number of likely N-dealkylation sites (N-methyl/N-ethyl adjacent to an activating group) is 1. The van der Waals surface area contributed by atoms with E-state index in [9.17, 15) is 14.7 Å². The number of urea groups is 1. The summed E-state index contributed by atoms with van der Waals surface area (Å²) in [5, 5.41) is 23.8. The fourth-order valence-corrected chi connectivity index (χ4v) is 3.67. The van der Waals surface area contributed by atoms with Gasteiger partial charge in [-0.15, -0.1) is 10.2 Å². The molecule has 1 aromatic heterocycles. The van der Waals surface area contributed by atoms with Crippen molar-refractivity contribution in [2.75, 3.05) is 40.3 Å². The molecule has 0 atom stereocenters. The third-order valence-corrected chi connectivity index (χ3v) is 5.67. The maximum Gasteiger partial charge on any atom is 0.320 e. The van der Waals surface area contributed by atoms with E-state index in [-0.39, 0.29) is 31.6 Å². The van der Waals surface area contributed by atoms with Crippen LogP contribution in [-0.4, -0.2) is 92.7 Å². The van der Waals surface area contributed by atoms with Gasteiger partial charge in [-0.3, -0.25) is 4.79 Å². The zero-order valence-corrected chi connectivity index (χ0v) is 20.5. The fraction of sp³-hybridized carbons (Fsp3) is 0.400. The van der Waals surface area contributed by atoms with Crippen LogP contribution in [0.3, 0.4) is 0 Å². The minimum absolute atomic E-state index is 0.0686. The first-order valence-electron chi connectivity index (χ1n) is 11.7. The first kappa shape index (κ1) is 25.8. The third-order valence-electron chi connectivity index (χ3n) is 5.67. The standard InChI is InChI=1S/C25H33N7O3/c1-4-5-14-31(25(35)32(15-16-33)18-23(34)30(2)3)17-19-10-12-20(13-11-19)21-8-6-7-9-22(21)24-26-28-29-27-24/h6-13,33H,4-5,14-18H2,1-3H3,(H,26,27,28,29). The number of carbonyl (C=O) groups excluding carboxylic acids is 2. The van der Waals surface area contributed by atoms with Crippen LogP contribution in [0.15, 0.2) is 48.5 Å². The highest BCUT2D eigenvalue weighted by Gasteiger charge is 2.23. The van der Waals surface area contributed by atoms with Gasteiger partial charge in [0.25, 0.3) is 0 Å². The molecule has 10 nitrogen and oxygen atoms in total. The van der Waals surface area contributed by atoms with Crippen LogP contribution in [-0.2, 0) is 11.3 Å². The number of amides is 3. The van der Waals surface area contributed by atoms with E-state index in [0.717, 1.165) is 35.1 Å². The number of aliphatic hydroxyl groups excluding tert-OH is 1. The second-order valence-electron chi connectivity index (χ2n) is 8.47. The minimum Gasteiger partial charge on any atom is -0.395 e. The molecule has 2 aromatic carbocycles. The summed E-state index contributed by atoms with van der Waals surface area (Å²) in [6.07, 6.45) is 1.78. The summed E-state index contributed by atoms with van der Waals surface area (Å²) in [5.74, 6) is 0.337. The van der Waals surface area contributed by atoms with Gasteiger partial charge in [0.2, 0.25) is 11.7 Å². The molecule has 0 saturated carbocycles. The van der Waals surface area contributed by atoms with Crippen molar-refractivity contribution in [3.63, 3.8) is 0 Å². The Labute approximate surface area is 205 Å². The molecule has 0 saturated heterocycles. The van der Waals surface area contributed by atoms with E-state index in [4.69, 9.17) is 0 Å². The summed E-state index contributed by atoms with van der Waals surface area (Å²) in [7, 11) is 3.30. The van der Waals surface area contributed by atoms with Crippen molar-refractivity contribution >= 4 is 11.9 Å². The number of unbranched alkanes of at least 4 members (excludes halogenated alkanes) is 1. The Kier molecular flexibility index (Phi) is 9.31. The van der Waals surface area contributed by atoms with Gasteiger partial charge in [0.05, 0.1) is 6.61 Å². The number of aromatic nitrogens is 4. The number of aliphatic hydroxyl groups is 1. The Hall–Kier alpha value is -3.79. The van der Waals surface area contributed by atoms with E-state index in [2.05, 4.69) is 27.5 Å². The summed E-state index contributed by atoms with van der Waals surface area (Å²) in [4.78, 5) is 30.1. The van der Waals surface area contributed by atoms with Crippen molar-refractivity contribution in [3.05, 3.63) is 54.1 Å². The molecule has 0 aliphatic rings. The van der Waals surface area contributed by atoms with Gasteiger partial charge < -0.3 is 19.8 Å². The molecule has 0 radical (unpaired) electrons. The van der Waals surface area contributed by atoms with Crippen LogP contribution in [0.2, 0.25) is 0 Å². The lowest BCUT2D eigenvalue weighted by Crippen LogP contribution is -2.48. The van der Waals surface area contributed by atoms with Crippen molar-refractivity contribution < 1.29 is 14.7 Å². The number of nitrogens with zero attached hydrogens (tertiary/aromatic N) is 6. The van der Waals surface area contributed by atoms with Crippen LogP contribution in [0.25, 0.3) is 22.5 Å². The molecule has 186 valence electrons. The van der Waals surface area contributed by atoms with Gasteiger partial charge in [0.15, 0.2) is 0 Å². The molecule has 0 fully saturated rings. The Morgan fingerprint density at radius 1 is 0.971 bits per heavy atom. The van der Waals surface area contributed by atoms with Gasteiger partial charge >= 0.3 is 6.03 Å². The highest BCUT2D eigenvalue weighted by Crippen LogP contribution is 2.29. The number of nitrogens with one attached hydrogen (secondary N) is 1. The Balaban J connectivity index is 1.79. The quantitative estimate of drug-likeness (QED) is 0.436. The van der Waals surface area contributed by atoms with E-state index >= 15 is 0 Å². The molecule has 3 rings (SSSR count). The lowest BCUT2D eigenvalue weighted by atomic mass is 9.98. The number of tetrazole rings is 1. The van der Waals surface area contributed by atoms with Crippen LogP contribution >= 0.6 is 0 Å². The first-order valence-corrected chi connectivity index (χ1v) is 11.7. The molecule has 0 unspecified atom stereocenters. The molecule has 35 heavy (non-hydrogen) atoms. The van der Waals surface area contributed by atoms with Crippen LogP contribution in [0.4, 0.5) is 4.79 Å². The Morgan fingerprint density at radius 2 is 1.69 bits per heavy atom. The molecule has 2 N–H and O–H groups in total. The molecular formula is C25H33N7O3. The Morgan fingerprint density at radius 3 is 2.29 bits per heavy atom. The van der Waals surface area contributed by atoms with Gasteiger partial charge in [-0.05, 0) is 28.3 Å². The lowest BCUT2D eigenvalue weighted by Gasteiger charge is -2.31. The SMILES string of the molecule is CCCCN(Cc1ccc(-c2ccccc2-c2nn[nH]n2)cc1)C(=O)N(CCO)CC(=O)N(C)C. The molecule has 0 aliphatic heterocycles. The second-order valence-corrected chi connectivity index (χ2v) is 8.47. The van der Waals surface area contributed by atoms with E-state index in [1.165, 1.54) is 9.80 Å². The average molecular weight is 480 g/mol. The summed E-state index contributed by atoms with van der Waals surface area (Å²) in [6, 6.07) is 15.6. The zero-order chi connectivity index (χ0) is 25.2. The minimum atomic E-state index is -0.255. The number of rotatable bonds is 11.